The number of piperidine rings is 1. The molecule has 1 aliphatic heterocycles. The molecule has 100 valence electrons. The van der Waals surface area contributed by atoms with Crippen LogP contribution in [0.4, 0.5) is 0 Å². The molecule has 3 rings (SSSR count). The number of aromatic nitrogens is 2. The Hall–Kier alpha value is -0.590. The lowest BCUT2D eigenvalue weighted by Gasteiger charge is -2.24. The number of benzene rings is 1. The van der Waals surface area contributed by atoms with Gasteiger partial charge < -0.3 is 9.88 Å². The monoisotopic (exact) mass is 387 g/mol. The second kappa shape index (κ2) is 5.81. The fourth-order valence-corrected chi connectivity index (χ4v) is 3.54. The van der Waals surface area contributed by atoms with Crippen molar-refractivity contribution in [1.29, 1.82) is 0 Å². The molecule has 1 N–H and O–H groups in total. The zero-order valence-electron chi connectivity index (χ0n) is 10.4. The maximum Gasteiger partial charge on any atom is 0.0994 e. The Morgan fingerprint density at radius 2 is 2.32 bits per heavy atom. The molecule has 1 aromatic carbocycles. The highest BCUT2D eigenvalue weighted by atomic mass is 127. The Balaban J connectivity index is 1.99. The molecule has 1 aliphatic rings. The average Bonchev–Trinajstić information content (AvgIpc) is 2.89. The number of nitrogens with one attached hydrogen (secondary N) is 1. The molecule has 5 heteroatoms. The first kappa shape index (κ1) is 13.4. The van der Waals surface area contributed by atoms with Crippen molar-refractivity contribution in [3.8, 4) is 5.69 Å². The minimum Gasteiger partial charge on any atom is -0.316 e. The highest BCUT2D eigenvalue weighted by Crippen LogP contribution is 2.29. The molecule has 0 bridgehead atoms. The number of imidazole rings is 1. The first-order chi connectivity index (χ1) is 9.25. The minimum atomic E-state index is 0.520. The lowest BCUT2D eigenvalue weighted by molar-refractivity contribution is 0.451. The van der Waals surface area contributed by atoms with Crippen LogP contribution < -0.4 is 5.32 Å². The second-order valence-electron chi connectivity index (χ2n) is 4.83. The van der Waals surface area contributed by atoms with E-state index in [0.717, 1.165) is 27.4 Å². The van der Waals surface area contributed by atoms with E-state index in [9.17, 15) is 0 Å². The second-order valence-corrected chi connectivity index (χ2v) is 6.48. The molecule has 1 atom stereocenters. The van der Waals surface area contributed by atoms with Crippen molar-refractivity contribution >= 4 is 34.2 Å². The number of rotatable bonds is 2. The van der Waals surface area contributed by atoms with Gasteiger partial charge in [-0.25, -0.2) is 4.98 Å². The number of hydrogen-bond acceptors (Lipinski definition) is 2. The summed E-state index contributed by atoms with van der Waals surface area (Å²) >= 11 is 8.64. The minimum absolute atomic E-state index is 0.520. The van der Waals surface area contributed by atoms with Crippen molar-refractivity contribution < 1.29 is 0 Å². The summed E-state index contributed by atoms with van der Waals surface area (Å²) in [5.74, 6) is 0.520. The van der Waals surface area contributed by atoms with E-state index >= 15 is 0 Å². The molecule has 0 aliphatic carbocycles. The predicted molar refractivity (Wildman–Crippen MR) is 86.1 cm³/mol. The molecule has 0 radical (unpaired) electrons. The Morgan fingerprint density at radius 3 is 3.05 bits per heavy atom. The number of halogens is 2. The van der Waals surface area contributed by atoms with Crippen molar-refractivity contribution in [1.82, 2.24) is 14.9 Å². The van der Waals surface area contributed by atoms with Gasteiger partial charge in [-0.1, -0.05) is 11.6 Å². The van der Waals surface area contributed by atoms with Gasteiger partial charge in [-0.15, -0.1) is 0 Å². The first-order valence-corrected chi connectivity index (χ1v) is 7.90. The lowest BCUT2D eigenvalue weighted by atomic mass is 9.96. The third kappa shape index (κ3) is 2.80. The molecule has 1 unspecified atom stereocenters. The molecular formula is C14H15ClIN3. The van der Waals surface area contributed by atoms with Gasteiger partial charge in [0.2, 0.25) is 0 Å². The standard InChI is InChI=1S/C14H15ClIN3/c15-12-6-11(16)3-4-13(12)19-9-18-8-14(19)10-2-1-5-17-7-10/h3-4,6,8-10,17H,1-2,5,7H2. The van der Waals surface area contributed by atoms with Crippen molar-refractivity contribution in [2.75, 3.05) is 13.1 Å². The zero-order chi connectivity index (χ0) is 13.2. The van der Waals surface area contributed by atoms with Gasteiger partial charge in [0.15, 0.2) is 0 Å². The van der Waals surface area contributed by atoms with Gasteiger partial charge in [0.25, 0.3) is 0 Å². The molecule has 1 saturated heterocycles. The average molecular weight is 388 g/mol. The summed E-state index contributed by atoms with van der Waals surface area (Å²) in [5.41, 5.74) is 2.26. The molecule has 2 aromatic rings. The van der Waals surface area contributed by atoms with E-state index in [0.29, 0.717) is 5.92 Å². The van der Waals surface area contributed by atoms with Crippen molar-refractivity contribution in [3.63, 3.8) is 0 Å². The van der Waals surface area contributed by atoms with Crippen molar-refractivity contribution in [2.45, 2.75) is 18.8 Å². The van der Waals surface area contributed by atoms with Crippen LogP contribution in [0.3, 0.4) is 0 Å². The number of hydrogen-bond donors (Lipinski definition) is 1. The van der Waals surface area contributed by atoms with Crippen LogP contribution in [-0.4, -0.2) is 22.6 Å². The highest BCUT2D eigenvalue weighted by molar-refractivity contribution is 14.1. The van der Waals surface area contributed by atoms with E-state index in [1.807, 2.05) is 18.6 Å². The van der Waals surface area contributed by atoms with Crippen LogP contribution in [0, 0.1) is 3.57 Å². The summed E-state index contributed by atoms with van der Waals surface area (Å²) in [7, 11) is 0. The molecule has 1 fully saturated rings. The SMILES string of the molecule is Clc1cc(I)ccc1-n1cncc1C1CCCNC1. The van der Waals surface area contributed by atoms with E-state index in [-0.39, 0.29) is 0 Å². The Morgan fingerprint density at radius 1 is 1.42 bits per heavy atom. The van der Waals surface area contributed by atoms with E-state index in [2.05, 4.69) is 49.6 Å². The largest absolute Gasteiger partial charge is 0.316 e. The summed E-state index contributed by atoms with van der Waals surface area (Å²) in [6, 6.07) is 6.12. The highest BCUT2D eigenvalue weighted by Gasteiger charge is 2.20. The van der Waals surface area contributed by atoms with Gasteiger partial charge in [-0.05, 0) is 60.2 Å². The lowest BCUT2D eigenvalue weighted by Crippen LogP contribution is -2.29. The van der Waals surface area contributed by atoms with Crippen LogP contribution in [-0.2, 0) is 0 Å². The maximum absolute atomic E-state index is 6.36. The Kier molecular flexibility index (Phi) is 4.10. The summed E-state index contributed by atoms with van der Waals surface area (Å²) in [6.45, 7) is 2.14. The van der Waals surface area contributed by atoms with Gasteiger partial charge in [-0.2, -0.15) is 0 Å². The molecule has 19 heavy (non-hydrogen) atoms. The maximum atomic E-state index is 6.36. The van der Waals surface area contributed by atoms with Crippen LogP contribution in [0.2, 0.25) is 5.02 Å². The Labute approximate surface area is 131 Å². The van der Waals surface area contributed by atoms with E-state index < -0.39 is 0 Å². The third-order valence-electron chi connectivity index (χ3n) is 3.55. The van der Waals surface area contributed by atoms with E-state index in [1.165, 1.54) is 18.5 Å². The molecule has 0 amide bonds. The normalized spacial score (nSPS) is 19.6. The summed E-state index contributed by atoms with van der Waals surface area (Å²) in [6.07, 6.45) is 6.25. The molecular weight excluding hydrogens is 373 g/mol. The van der Waals surface area contributed by atoms with Crippen LogP contribution >= 0.6 is 34.2 Å². The summed E-state index contributed by atoms with van der Waals surface area (Å²) in [4.78, 5) is 4.31. The quantitative estimate of drug-likeness (QED) is 0.798. The number of nitrogens with zero attached hydrogens (tertiary/aromatic N) is 2. The first-order valence-electron chi connectivity index (χ1n) is 6.44. The van der Waals surface area contributed by atoms with E-state index in [4.69, 9.17) is 11.6 Å². The van der Waals surface area contributed by atoms with Gasteiger partial charge in [0, 0.05) is 27.9 Å². The third-order valence-corrected chi connectivity index (χ3v) is 4.53. The Bertz CT molecular complexity index is 576. The molecule has 2 heterocycles. The smallest absolute Gasteiger partial charge is 0.0994 e. The van der Waals surface area contributed by atoms with Gasteiger partial charge in [0.1, 0.15) is 0 Å². The van der Waals surface area contributed by atoms with Crippen LogP contribution in [0.25, 0.3) is 5.69 Å². The fourth-order valence-electron chi connectivity index (χ4n) is 2.59. The molecule has 0 saturated carbocycles. The van der Waals surface area contributed by atoms with Crippen molar-refractivity contribution in [2.24, 2.45) is 0 Å². The molecule has 3 nitrogen and oxygen atoms in total. The van der Waals surface area contributed by atoms with Crippen LogP contribution in [0.5, 0.6) is 0 Å². The predicted octanol–water partition coefficient (Wildman–Crippen LogP) is 3.60. The van der Waals surface area contributed by atoms with Crippen LogP contribution in [0.1, 0.15) is 24.5 Å². The summed E-state index contributed by atoms with van der Waals surface area (Å²) in [5, 5.41) is 4.22. The van der Waals surface area contributed by atoms with Gasteiger partial charge in [0.05, 0.1) is 17.0 Å². The van der Waals surface area contributed by atoms with Crippen LogP contribution in [0.15, 0.2) is 30.7 Å². The van der Waals surface area contributed by atoms with Crippen molar-refractivity contribution in [3.05, 3.63) is 45.0 Å². The van der Waals surface area contributed by atoms with E-state index in [1.54, 1.807) is 0 Å². The molecule has 0 spiro atoms. The molecule has 1 aromatic heterocycles. The fraction of sp³-hybridized carbons (Fsp3) is 0.357. The zero-order valence-corrected chi connectivity index (χ0v) is 13.4. The summed E-state index contributed by atoms with van der Waals surface area (Å²) < 4.78 is 3.27. The van der Waals surface area contributed by atoms with Gasteiger partial charge in [-0.3, -0.25) is 0 Å². The van der Waals surface area contributed by atoms with Gasteiger partial charge >= 0.3 is 0 Å². The topological polar surface area (TPSA) is 29.9 Å².